The Hall–Kier alpha value is -1.74. The minimum atomic E-state index is 0.696. The number of tetrazole rings is 1. The second-order valence-electron chi connectivity index (χ2n) is 7.40. The lowest BCUT2D eigenvalue weighted by Crippen LogP contribution is -2.10. The van der Waals surface area contributed by atoms with Crippen molar-refractivity contribution in [1.82, 2.24) is 35.0 Å². The van der Waals surface area contributed by atoms with Crippen molar-refractivity contribution in [2.24, 2.45) is 13.0 Å². The van der Waals surface area contributed by atoms with Gasteiger partial charge in [0.1, 0.15) is 0 Å². The van der Waals surface area contributed by atoms with Gasteiger partial charge in [0.05, 0.1) is 10.6 Å². The van der Waals surface area contributed by atoms with E-state index in [0.717, 1.165) is 42.1 Å². The lowest BCUT2D eigenvalue weighted by molar-refractivity contribution is 0.449. The molecule has 3 aromatic rings. The Labute approximate surface area is 173 Å². The number of nitrogens with zero attached hydrogens (tertiary/aromatic N) is 7. The van der Waals surface area contributed by atoms with Crippen molar-refractivity contribution in [3.63, 3.8) is 0 Å². The third-order valence-corrected chi connectivity index (χ3v) is 7.73. The van der Waals surface area contributed by atoms with E-state index in [4.69, 9.17) is 0 Å². The summed E-state index contributed by atoms with van der Waals surface area (Å²) in [6.07, 6.45) is 7.21. The summed E-state index contributed by atoms with van der Waals surface area (Å²) in [5, 5.41) is 21.9. The molecule has 28 heavy (non-hydrogen) atoms. The van der Waals surface area contributed by atoms with E-state index in [1.54, 1.807) is 11.8 Å². The van der Waals surface area contributed by atoms with Crippen LogP contribution in [0.25, 0.3) is 10.7 Å². The molecule has 0 saturated carbocycles. The van der Waals surface area contributed by atoms with Crippen molar-refractivity contribution in [2.75, 3.05) is 0 Å². The molecule has 0 N–H and O–H groups in total. The van der Waals surface area contributed by atoms with Crippen LogP contribution in [0.4, 0.5) is 0 Å². The van der Waals surface area contributed by atoms with Crippen LogP contribution in [-0.2, 0) is 32.2 Å². The maximum Gasteiger partial charge on any atom is 0.191 e. The molecule has 1 aliphatic carbocycles. The number of hydrogen-bond acceptors (Lipinski definition) is 7. The standard InChI is InChI=1S/C19H27N7S2/c1-4-6-9-26-17(20-23-24-26)12-27-19-22-21-18(25(19)3)16-11-14-10-13(5-2)7-8-15(14)28-16/h11,13H,4-10,12H2,1-3H3. The third-order valence-electron chi connectivity index (χ3n) is 5.48. The molecule has 0 fully saturated rings. The average Bonchev–Trinajstić information content (AvgIpc) is 3.42. The molecule has 1 atom stereocenters. The van der Waals surface area contributed by atoms with Gasteiger partial charge in [-0.3, -0.25) is 0 Å². The van der Waals surface area contributed by atoms with Crippen molar-refractivity contribution >= 4 is 23.1 Å². The van der Waals surface area contributed by atoms with Gasteiger partial charge < -0.3 is 4.57 Å². The second-order valence-corrected chi connectivity index (χ2v) is 9.48. The molecule has 0 radical (unpaired) electrons. The van der Waals surface area contributed by atoms with Crippen molar-refractivity contribution in [1.29, 1.82) is 0 Å². The van der Waals surface area contributed by atoms with Gasteiger partial charge in [-0.15, -0.1) is 26.6 Å². The summed E-state index contributed by atoms with van der Waals surface area (Å²) in [5.41, 5.74) is 1.52. The maximum absolute atomic E-state index is 4.48. The zero-order valence-corrected chi connectivity index (χ0v) is 18.4. The minimum absolute atomic E-state index is 0.696. The zero-order valence-electron chi connectivity index (χ0n) is 16.8. The molecule has 9 heteroatoms. The van der Waals surface area contributed by atoms with Gasteiger partial charge in [-0.25, -0.2) is 4.68 Å². The Balaban J connectivity index is 1.47. The average molecular weight is 418 g/mol. The van der Waals surface area contributed by atoms with Crippen molar-refractivity contribution in [2.45, 2.75) is 69.8 Å². The molecule has 0 aliphatic heterocycles. The van der Waals surface area contributed by atoms with Gasteiger partial charge in [0.15, 0.2) is 16.8 Å². The van der Waals surface area contributed by atoms with Crippen LogP contribution in [0, 0.1) is 5.92 Å². The van der Waals surface area contributed by atoms with Crippen LogP contribution < -0.4 is 0 Å². The Morgan fingerprint density at radius 2 is 2.14 bits per heavy atom. The van der Waals surface area contributed by atoms with Crippen molar-refractivity contribution < 1.29 is 0 Å². The topological polar surface area (TPSA) is 74.3 Å². The Bertz CT molecular complexity index is 927. The Kier molecular flexibility index (Phi) is 6.10. The smallest absolute Gasteiger partial charge is 0.191 e. The van der Waals surface area contributed by atoms with Crippen LogP contribution in [0.5, 0.6) is 0 Å². The maximum atomic E-state index is 4.48. The monoisotopic (exact) mass is 417 g/mol. The van der Waals surface area contributed by atoms with E-state index >= 15 is 0 Å². The highest BCUT2D eigenvalue weighted by Crippen LogP contribution is 2.38. The van der Waals surface area contributed by atoms with Gasteiger partial charge in [0.25, 0.3) is 0 Å². The predicted octanol–water partition coefficient (Wildman–Crippen LogP) is 4.14. The van der Waals surface area contributed by atoms with Gasteiger partial charge in [0.2, 0.25) is 0 Å². The van der Waals surface area contributed by atoms with Gasteiger partial charge in [-0.2, -0.15) is 0 Å². The molecular formula is C19H27N7S2. The second kappa shape index (κ2) is 8.73. The van der Waals surface area contributed by atoms with Gasteiger partial charge in [-0.05, 0) is 53.7 Å². The number of thioether (sulfide) groups is 1. The highest BCUT2D eigenvalue weighted by atomic mass is 32.2. The van der Waals surface area contributed by atoms with Crippen LogP contribution in [0.15, 0.2) is 11.2 Å². The third kappa shape index (κ3) is 4.00. The SMILES string of the molecule is CCCCn1nnnc1CSc1nnc(-c2cc3c(s2)CCC(CC)C3)n1C. The molecule has 0 aromatic carbocycles. The summed E-state index contributed by atoms with van der Waals surface area (Å²) < 4.78 is 3.99. The lowest BCUT2D eigenvalue weighted by atomic mass is 9.87. The molecular weight excluding hydrogens is 390 g/mol. The molecule has 3 heterocycles. The quantitative estimate of drug-likeness (QED) is 0.513. The minimum Gasteiger partial charge on any atom is -0.304 e. The van der Waals surface area contributed by atoms with Crippen molar-refractivity contribution in [3.05, 3.63) is 22.3 Å². The van der Waals surface area contributed by atoms with E-state index in [9.17, 15) is 0 Å². The van der Waals surface area contributed by atoms with Gasteiger partial charge in [-0.1, -0.05) is 38.5 Å². The largest absolute Gasteiger partial charge is 0.304 e. The molecule has 1 unspecified atom stereocenters. The summed E-state index contributed by atoms with van der Waals surface area (Å²) in [7, 11) is 2.05. The fourth-order valence-electron chi connectivity index (χ4n) is 3.65. The molecule has 0 saturated heterocycles. The number of fused-ring (bicyclic) bond motifs is 1. The van der Waals surface area contributed by atoms with E-state index in [1.165, 1.54) is 41.0 Å². The molecule has 7 nitrogen and oxygen atoms in total. The molecule has 3 aromatic heterocycles. The van der Waals surface area contributed by atoms with E-state index in [2.05, 4.69) is 50.2 Å². The summed E-state index contributed by atoms with van der Waals surface area (Å²) in [5.74, 6) is 3.38. The summed E-state index contributed by atoms with van der Waals surface area (Å²) in [6, 6.07) is 2.34. The summed E-state index contributed by atoms with van der Waals surface area (Å²) in [4.78, 5) is 2.77. The number of hydrogen-bond donors (Lipinski definition) is 0. The Morgan fingerprint density at radius 1 is 1.25 bits per heavy atom. The molecule has 0 spiro atoms. The van der Waals surface area contributed by atoms with Crippen molar-refractivity contribution in [3.8, 4) is 10.7 Å². The number of aryl methyl sites for hydroxylation is 2. The van der Waals surface area contributed by atoms with Crippen LogP contribution in [0.1, 0.15) is 55.8 Å². The molecule has 0 bridgehead atoms. The van der Waals surface area contributed by atoms with E-state index in [0.29, 0.717) is 5.75 Å². The predicted molar refractivity (Wildman–Crippen MR) is 112 cm³/mol. The van der Waals surface area contributed by atoms with E-state index < -0.39 is 0 Å². The first-order valence-electron chi connectivity index (χ1n) is 10.1. The number of aromatic nitrogens is 7. The molecule has 1 aliphatic rings. The first-order chi connectivity index (χ1) is 13.7. The van der Waals surface area contributed by atoms with Gasteiger partial charge in [0, 0.05) is 18.5 Å². The molecule has 150 valence electrons. The normalized spacial score (nSPS) is 16.5. The lowest BCUT2D eigenvalue weighted by Gasteiger charge is -2.19. The molecule has 4 rings (SSSR count). The van der Waals surface area contributed by atoms with Crippen LogP contribution in [0.3, 0.4) is 0 Å². The Morgan fingerprint density at radius 3 is 2.96 bits per heavy atom. The number of unbranched alkanes of at least 4 members (excludes halogenated alkanes) is 1. The van der Waals surface area contributed by atoms with Crippen LogP contribution in [-0.4, -0.2) is 35.0 Å². The number of thiophene rings is 1. The first-order valence-corrected chi connectivity index (χ1v) is 11.9. The first kappa shape index (κ1) is 19.6. The highest BCUT2D eigenvalue weighted by Gasteiger charge is 2.22. The van der Waals surface area contributed by atoms with Crippen LogP contribution in [0.2, 0.25) is 0 Å². The molecule has 0 amide bonds. The summed E-state index contributed by atoms with van der Waals surface area (Å²) in [6.45, 7) is 5.33. The van der Waals surface area contributed by atoms with Gasteiger partial charge >= 0.3 is 0 Å². The highest BCUT2D eigenvalue weighted by molar-refractivity contribution is 7.98. The van der Waals surface area contributed by atoms with E-state index in [1.807, 2.05) is 23.1 Å². The zero-order chi connectivity index (χ0) is 19.5. The van der Waals surface area contributed by atoms with E-state index in [-0.39, 0.29) is 0 Å². The fourth-order valence-corrected chi connectivity index (χ4v) is 5.72. The summed E-state index contributed by atoms with van der Waals surface area (Å²) >= 11 is 3.52. The number of rotatable bonds is 8. The van der Waals surface area contributed by atoms with Crippen LogP contribution >= 0.6 is 23.1 Å². The fraction of sp³-hybridized carbons (Fsp3) is 0.632.